The van der Waals surface area contributed by atoms with E-state index in [1.165, 1.54) is 6.42 Å². The number of hydrogen-bond acceptors (Lipinski definition) is 5. The van der Waals surface area contributed by atoms with E-state index in [1.807, 2.05) is 26.0 Å². The normalized spacial score (nSPS) is 16.5. The number of nitrogens with one attached hydrogen (secondary N) is 2. The highest BCUT2D eigenvalue weighted by atomic mass is 16.5. The summed E-state index contributed by atoms with van der Waals surface area (Å²) in [4.78, 5) is 28.1. The summed E-state index contributed by atoms with van der Waals surface area (Å²) >= 11 is 0. The zero-order chi connectivity index (χ0) is 22.2. The van der Waals surface area contributed by atoms with Gasteiger partial charge < -0.3 is 19.8 Å². The van der Waals surface area contributed by atoms with Gasteiger partial charge in [0.15, 0.2) is 0 Å². The fraction of sp³-hybridized carbons (Fsp3) is 0.500. The van der Waals surface area contributed by atoms with E-state index >= 15 is 0 Å². The minimum Gasteiger partial charge on any atom is -0.497 e. The first-order valence-electron chi connectivity index (χ1n) is 11.0. The summed E-state index contributed by atoms with van der Waals surface area (Å²) in [6, 6.07) is 10.0. The Morgan fingerprint density at radius 2 is 1.81 bits per heavy atom. The quantitative estimate of drug-likeness (QED) is 0.641. The Kier molecular flexibility index (Phi) is 8.12. The number of furan rings is 1. The van der Waals surface area contributed by atoms with E-state index in [0.717, 1.165) is 31.7 Å². The molecule has 1 saturated heterocycles. The smallest absolute Gasteiger partial charge is 0.251 e. The maximum absolute atomic E-state index is 13.0. The topological polar surface area (TPSA) is 83.8 Å². The second-order valence-corrected chi connectivity index (χ2v) is 8.30. The fourth-order valence-electron chi connectivity index (χ4n) is 3.93. The summed E-state index contributed by atoms with van der Waals surface area (Å²) in [6.45, 7) is 6.26. The molecule has 2 N–H and O–H groups in total. The summed E-state index contributed by atoms with van der Waals surface area (Å²) in [5, 5.41) is 5.93. The molecule has 2 atom stereocenters. The molecule has 2 aromatic rings. The predicted octanol–water partition coefficient (Wildman–Crippen LogP) is 3.39. The molecule has 31 heavy (non-hydrogen) atoms. The van der Waals surface area contributed by atoms with Gasteiger partial charge in [-0.05, 0) is 68.2 Å². The van der Waals surface area contributed by atoms with Crippen LogP contribution < -0.4 is 15.4 Å². The van der Waals surface area contributed by atoms with Crippen molar-refractivity contribution in [2.45, 2.75) is 45.2 Å². The Balaban J connectivity index is 1.64. The lowest BCUT2D eigenvalue weighted by molar-refractivity contribution is -0.124. The van der Waals surface area contributed by atoms with Crippen molar-refractivity contribution >= 4 is 11.8 Å². The summed E-state index contributed by atoms with van der Waals surface area (Å²) < 4.78 is 10.8. The number of rotatable bonds is 9. The molecule has 0 saturated carbocycles. The third kappa shape index (κ3) is 6.10. The third-order valence-corrected chi connectivity index (χ3v) is 5.76. The molecular formula is C24H33N3O4. The molecule has 0 radical (unpaired) electrons. The van der Waals surface area contributed by atoms with Crippen molar-refractivity contribution in [1.29, 1.82) is 0 Å². The standard InChI is InChI=1S/C24H33N3O4/c1-17(2)22(26-23(28)18-9-11-19(30-3)12-10-18)24(29)25-16-20(21-8-7-15-31-21)27-13-5-4-6-14-27/h7-12,15,17,20,22H,4-6,13-14,16H2,1-3H3,(H,25,29)(H,26,28). The Labute approximate surface area is 184 Å². The van der Waals surface area contributed by atoms with Gasteiger partial charge in [-0.3, -0.25) is 14.5 Å². The van der Waals surface area contributed by atoms with Gasteiger partial charge in [-0.2, -0.15) is 0 Å². The minimum atomic E-state index is -0.631. The monoisotopic (exact) mass is 427 g/mol. The summed E-state index contributed by atoms with van der Waals surface area (Å²) in [6.07, 6.45) is 5.20. The maximum Gasteiger partial charge on any atom is 0.251 e. The molecule has 7 heteroatoms. The largest absolute Gasteiger partial charge is 0.497 e. The Hall–Kier alpha value is -2.80. The van der Waals surface area contributed by atoms with Gasteiger partial charge in [0, 0.05) is 12.1 Å². The number of amides is 2. The molecule has 1 aromatic heterocycles. The van der Waals surface area contributed by atoms with Gasteiger partial charge in [0.05, 0.1) is 19.4 Å². The number of nitrogens with zero attached hydrogens (tertiary/aromatic N) is 1. The van der Waals surface area contributed by atoms with Crippen molar-refractivity contribution in [3.63, 3.8) is 0 Å². The molecule has 2 unspecified atom stereocenters. The average molecular weight is 428 g/mol. The Morgan fingerprint density at radius 1 is 1.10 bits per heavy atom. The highest BCUT2D eigenvalue weighted by Gasteiger charge is 2.28. The van der Waals surface area contributed by atoms with Crippen molar-refractivity contribution in [1.82, 2.24) is 15.5 Å². The number of methoxy groups -OCH3 is 1. The van der Waals surface area contributed by atoms with E-state index in [0.29, 0.717) is 17.9 Å². The molecule has 2 amide bonds. The zero-order valence-electron chi connectivity index (χ0n) is 18.6. The van der Waals surface area contributed by atoms with Crippen LogP contribution in [0.15, 0.2) is 47.1 Å². The van der Waals surface area contributed by atoms with Crippen LogP contribution in [0.2, 0.25) is 0 Å². The second-order valence-electron chi connectivity index (χ2n) is 8.30. The van der Waals surface area contributed by atoms with Gasteiger partial charge in [-0.1, -0.05) is 20.3 Å². The van der Waals surface area contributed by atoms with Gasteiger partial charge in [0.2, 0.25) is 5.91 Å². The number of hydrogen-bond donors (Lipinski definition) is 2. The SMILES string of the molecule is COc1ccc(C(=O)NC(C(=O)NCC(c2ccco2)N2CCCCC2)C(C)C)cc1. The number of carbonyl (C=O) groups is 2. The molecule has 0 spiro atoms. The van der Waals surface area contributed by atoms with E-state index < -0.39 is 6.04 Å². The van der Waals surface area contributed by atoms with Crippen molar-refractivity contribution < 1.29 is 18.7 Å². The lowest BCUT2D eigenvalue weighted by Gasteiger charge is -2.34. The summed E-state index contributed by atoms with van der Waals surface area (Å²) in [7, 11) is 1.58. The number of carbonyl (C=O) groups excluding carboxylic acids is 2. The van der Waals surface area contributed by atoms with Crippen LogP contribution in [0, 0.1) is 5.92 Å². The van der Waals surface area contributed by atoms with E-state index in [-0.39, 0.29) is 23.8 Å². The second kappa shape index (κ2) is 11.0. The molecule has 0 aliphatic carbocycles. The molecule has 7 nitrogen and oxygen atoms in total. The van der Waals surface area contributed by atoms with Gasteiger partial charge >= 0.3 is 0 Å². The van der Waals surface area contributed by atoms with Crippen molar-refractivity contribution in [3.05, 3.63) is 54.0 Å². The van der Waals surface area contributed by atoms with Crippen LogP contribution >= 0.6 is 0 Å². The lowest BCUT2D eigenvalue weighted by atomic mass is 10.0. The zero-order valence-corrected chi connectivity index (χ0v) is 18.6. The first-order valence-corrected chi connectivity index (χ1v) is 11.0. The van der Waals surface area contributed by atoms with Crippen LogP contribution in [0.1, 0.15) is 55.3 Å². The molecular weight excluding hydrogens is 394 g/mol. The van der Waals surface area contributed by atoms with Crippen molar-refractivity contribution in [3.8, 4) is 5.75 Å². The van der Waals surface area contributed by atoms with Gasteiger partial charge in [-0.25, -0.2) is 0 Å². The fourth-order valence-corrected chi connectivity index (χ4v) is 3.93. The summed E-state index contributed by atoms with van der Waals surface area (Å²) in [5.41, 5.74) is 0.487. The number of likely N-dealkylation sites (tertiary alicyclic amines) is 1. The van der Waals surface area contributed by atoms with Gasteiger partial charge in [0.1, 0.15) is 17.6 Å². The first kappa shape index (κ1) is 22.9. The van der Waals surface area contributed by atoms with Gasteiger partial charge in [-0.15, -0.1) is 0 Å². The first-order chi connectivity index (χ1) is 15.0. The molecule has 1 aromatic carbocycles. The lowest BCUT2D eigenvalue weighted by Crippen LogP contribution is -2.51. The van der Waals surface area contributed by atoms with Crippen LogP contribution in [0.25, 0.3) is 0 Å². The van der Waals surface area contributed by atoms with Crippen LogP contribution in [-0.2, 0) is 4.79 Å². The molecule has 1 aliphatic heterocycles. The number of ether oxygens (including phenoxy) is 1. The molecule has 168 valence electrons. The summed E-state index contributed by atoms with van der Waals surface area (Å²) in [5.74, 6) is 1.00. The van der Waals surface area contributed by atoms with Crippen molar-refractivity contribution in [2.24, 2.45) is 5.92 Å². The maximum atomic E-state index is 13.0. The van der Waals surface area contributed by atoms with E-state index in [4.69, 9.17) is 9.15 Å². The average Bonchev–Trinajstić information content (AvgIpc) is 3.32. The third-order valence-electron chi connectivity index (χ3n) is 5.76. The van der Waals surface area contributed by atoms with E-state index in [2.05, 4.69) is 15.5 Å². The van der Waals surface area contributed by atoms with E-state index in [9.17, 15) is 9.59 Å². The molecule has 1 aliphatic rings. The molecule has 2 heterocycles. The highest BCUT2D eigenvalue weighted by Crippen LogP contribution is 2.24. The number of piperidine rings is 1. The minimum absolute atomic E-state index is 0.00986. The molecule has 3 rings (SSSR count). The van der Waals surface area contributed by atoms with Crippen molar-refractivity contribution in [2.75, 3.05) is 26.7 Å². The van der Waals surface area contributed by atoms with Crippen LogP contribution in [0.4, 0.5) is 0 Å². The van der Waals surface area contributed by atoms with Crippen LogP contribution in [-0.4, -0.2) is 49.5 Å². The van der Waals surface area contributed by atoms with Crippen LogP contribution in [0.5, 0.6) is 5.75 Å². The highest BCUT2D eigenvalue weighted by molar-refractivity contribution is 5.97. The number of benzene rings is 1. The molecule has 1 fully saturated rings. The molecule has 0 bridgehead atoms. The Morgan fingerprint density at radius 3 is 2.39 bits per heavy atom. The van der Waals surface area contributed by atoms with Gasteiger partial charge in [0.25, 0.3) is 5.91 Å². The Bertz CT molecular complexity index is 827. The van der Waals surface area contributed by atoms with E-state index in [1.54, 1.807) is 37.6 Å². The van der Waals surface area contributed by atoms with Crippen LogP contribution in [0.3, 0.4) is 0 Å². The predicted molar refractivity (Wildman–Crippen MR) is 119 cm³/mol.